The minimum absolute atomic E-state index is 0.0166. The highest BCUT2D eigenvalue weighted by Gasteiger charge is 2.56. The summed E-state index contributed by atoms with van der Waals surface area (Å²) in [6.07, 6.45) is 3.57. The SMILES string of the molecule is CC1C[C@@]2(C)CC(=O)O[C@@H]3CCN4CC=C(COC(=O)[C@]1(C)O2)[C@H]34. The van der Waals surface area contributed by atoms with E-state index in [1.165, 1.54) is 0 Å². The largest absolute Gasteiger partial charge is 0.460 e. The number of cyclic esters (lactones) is 1. The van der Waals surface area contributed by atoms with Gasteiger partial charge in [0.1, 0.15) is 12.7 Å². The summed E-state index contributed by atoms with van der Waals surface area (Å²) in [6.45, 7) is 7.61. The molecule has 0 amide bonds. The van der Waals surface area contributed by atoms with Crippen LogP contribution in [0.5, 0.6) is 0 Å². The van der Waals surface area contributed by atoms with Gasteiger partial charge >= 0.3 is 11.9 Å². The summed E-state index contributed by atoms with van der Waals surface area (Å²) in [5.74, 6) is -0.584. The normalized spacial score (nSPS) is 45.8. The van der Waals surface area contributed by atoms with Crippen molar-refractivity contribution >= 4 is 11.9 Å². The van der Waals surface area contributed by atoms with Gasteiger partial charge in [0.25, 0.3) is 0 Å². The molecule has 132 valence electrons. The van der Waals surface area contributed by atoms with E-state index < -0.39 is 11.2 Å². The maximum Gasteiger partial charge on any atom is 0.338 e. The van der Waals surface area contributed by atoms with Gasteiger partial charge in [-0.1, -0.05) is 13.0 Å². The molecule has 0 radical (unpaired) electrons. The van der Waals surface area contributed by atoms with Gasteiger partial charge in [0.2, 0.25) is 0 Å². The van der Waals surface area contributed by atoms with Crippen LogP contribution in [0.25, 0.3) is 0 Å². The van der Waals surface area contributed by atoms with Crippen LogP contribution in [0.3, 0.4) is 0 Å². The zero-order valence-electron chi connectivity index (χ0n) is 14.5. The van der Waals surface area contributed by atoms with Gasteiger partial charge in [-0.2, -0.15) is 0 Å². The lowest BCUT2D eigenvalue weighted by Gasteiger charge is -2.32. The van der Waals surface area contributed by atoms with Crippen LogP contribution in [-0.4, -0.2) is 59.9 Å². The summed E-state index contributed by atoms with van der Waals surface area (Å²) in [7, 11) is 0. The van der Waals surface area contributed by atoms with Crippen LogP contribution in [-0.2, 0) is 23.8 Å². The Balaban J connectivity index is 1.65. The van der Waals surface area contributed by atoms with Crippen LogP contribution in [0.1, 0.15) is 40.0 Å². The molecule has 24 heavy (non-hydrogen) atoms. The Bertz CT molecular complexity index is 617. The lowest BCUT2D eigenvalue weighted by atomic mass is 9.86. The van der Waals surface area contributed by atoms with E-state index in [0.29, 0.717) is 6.42 Å². The zero-order valence-corrected chi connectivity index (χ0v) is 14.5. The van der Waals surface area contributed by atoms with Gasteiger partial charge in [-0.15, -0.1) is 0 Å². The van der Waals surface area contributed by atoms with Crippen LogP contribution < -0.4 is 0 Å². The van der Waals surface area contributed by atoms with Gasteiger partial charge in [-0.05, 0) is 38.2 Å². The maximum atomic E-state index is 12.7. The molecule has 4 rings (SSSR count). The fraction of sp³-hybridized carbons (Fsp3) is 0.778. The predicted molar refractivity (Wildman–Crippen MR) is 85.2 cm³/mol. The molecule has 0 spiro atoms. The number of nitrogens with zero attached hydrogens (tertiary/aromatic N) is 1. The number of rotatable bonds is 0. The molecule has 0 aliphatic carbocycles. The summed E-state index contributed by atoms with van der Waals surface area (Å²) in [4.78, 5) is 27.5. The van der Waals surface area contributed by atoms with E-state index >= 15 is 0 Å². The van der Waals surface area contributed by atoms with Gasteiger partial charge in [0.05, 0.1) is 18.1 Å². The number of ether oxygens (including phenoxy) is 3. The molecule has 4 heterocycles. The highest BCUT2D eigenvalue weighted by atomic mass is 16.6. The molecular formula is C18H25NO5. The fourth-order valence-corrected chi connectivity index (χ4v) is 4.78. The number of fused-ring (bicyclic) bond motifs is 2. The third kappa shape index (κ3) is 2.39. The number of hydrogen-bond donors (Lipinski definition) is 0. The van der Waals surface area contributed by atoms with E-state index in [9.17, 15) is 9.59 Å². The van der Waals surface area contributed by atoms with E-state index in [0.717, 1.165) is 25.1 Å². The third-order valence-corrected chi connectivity index (χ3v) is 6.13. The van der Waals surface area contributed by atoms with E-state index in [1.807, 2.05) is 13.8 Å². The third-order valence-electron chi connectivity index (χ3n) is 6.13. The molecule has 0 aromatic rings. The summed E-state index contributed by atoms with van der Waals surface area (Å²) in [6, 6.07) is 0.0535. The van der Waals surface area contributed by atoms with Gasteiger partial charge in [-0.3, -0.25) is 9.69 Å². The highest BCUT2D eigenvalue weighted by Crippen LogP contribution is 2.45. The average Bonchev–Trinajstić information content (AvgIpc) is 3.11. The molecule has 0 saturated carbocycles. The summed E-state index contributed by atoms with van der Waals surface area (Å²) in [5, 5.41) is 0. The molecule has 0 aromatic heterocycles. The summed E-state index contributed by atoms with van der Waals surface area (Å²) >= 11 is 0. The van der Waals surface area contributed by atoms with Crippen LogP contribution in [0.4, 0.5) is 0 Å². The Morgan fingerprint density at radius 1 is 1.29 bits per heavy atom. The van der Waals surface area contributed by atoms with Crippen LogP contribution in [0.15, 0.2) is 11.6 Å². The van der Waals surface area contributed by atoms with Crippen molar-refractivity contribution in [3.63, 3.8) is 0 Å². The Morgan fingerprint density at radius 3 is 2.88 bits per heavy atom. The molecule has 0 aromatic carbocycles. The molecule has 4 aliphatic rings. The van der Waals surface area contributed by atoms with E-state index in [4.69, 9.17) is 14.2 Å². The molecule has 4 aliphatic heterocycles. The Kier molecular flexibility index (Phi) is 3.55. The topological polar surface area (TPSA) is 65.1 Å². The van der Waals surface area contributed by atoms with Crippen LogP contribution >= 0.6 is 0 Å². The van der Waals surface area contributed by atoms with E-state index in [2.05, 4.69) is 11.0 Å². The molecule has 6 heteroatoms. The van der Waals surface area contributed by atoms with E-state index in [-0.39, 0.29) is 43.0 Å². The van der Waals surface area contributed by atoms with Crippen molar-refractivity contribution in [2.75, 3.05) is 19.7 Å². The second-order valence-corrected chi connectivity index (χ2v) is 8.05. The smallest absolute Gasteiger partial charge is 0.338 e. The lowest BCUT2D eigenvalue weighted by Crippen LogP contribution is -2.45. The minimum atomic E-state index is -1.01. The highest BCUT2D eigenvalue weighted by molar-refractivity contribution is 5.80. The molecule has 0 N–H and O–H groups in total. The standard InChI is InChI=1S/C18H25NO5/c1-11-8-17(2)9-14(20)23-13-5-7-19-6-4-12(15(13)19)10-22-16(21)18(11,3)24-17/h4,11,13,15H,5-10H2,1-3H3/t11?,13-,15-,17+,18-/m1/s1. The Labute approximate surface area is 142 Å². The fourth-order valence-electron chi connectivity index (χ4n) is 4.78. The molecule has 3 fully saturated rings. The van der Waals surface area contributed by atoms with Crippen molar-refractivity contribution in [2.45, 2.75) is 63.4 Å². The van der Waals surface area contributed by atoms with Gasteiger partial charge in [0.15, 0.2) is 5.60 Å². The van der Waals surface area contributed by atoms with E-state index in [1.54, 1.807) is 6.92 Å². The molecule has 6 nitrogen and oxygen atoms in total. The number of carbonyl (C=O) groups excluding carboxylic acids is 2. The molecular weight excluding hydrogens is 310 g/mol. The van der Waals surface area contributed by atoms with Crippen LogP contribution in [0, 0.1) is 5.92 Å². The number of carbonyl (C=O) groups is 2. The second-order valence-electron chi connectivity index (χ2n) is 8.05. The number of esters is 2. The van der Waals surface area contributed by atoms with Crippen molar-refractivity contribution in [1.82, 2.24) is 4.90 Å². The lowest BCUT2D eigenvalue weighted by molar-refractivity contribution is -0.184. The monoisotopic (exact) mass is 335 g/mol. The molecule has 2 bridgehead atoms. The first-order valence-corrected chi connectivity index (χ1v) is 8.81. The Hall–Kier alpha value is -1.40. The summed E-state index contributed by atoms with van der Waals surface area (Å²) < 4.78 is 17.5. The zero-order chi connectivity index (χ0) is 17.1. The first-order valence-electron chi connectivity index (χ1n) is 8.81. The van der Waals surface area contributed by atoms with Crippen LogP contribution in [0.2, 0.25) is 0 Å². The molecule has 5 atom stereocenters. The summed E-state index contributed by atoms with van der Waals surface area (Å²) in [5.41, 5.74) is -0.658. The van der Waals surface area contributed by atoms with Gasteiger partial charge < -0.3 is 14.2 Å². The minimum Gasteiger partial charge on any atom is -0.460 e. The maximum absolute atomic E-state index is 12.7. The van der Waals surface area contributed by atoms with Crippen molar-refractivity contribution in [1.29, 1.82) is 0 Å². The molecule has 1 unspecified atom stereocenters. The Morgan fingerprint density at radius 2 is 2.08 bits per heavy atom. The second kappa shape index (κ2) is 5.30. The van der Waals surface area contributed by atoms with Crippen molar-refractivity contribution in [3.8, 4) is 0 Å². The van der Waals surface area contributed by atoms with Gasteiger partial charge in [0, 0.05) is 13.1 Å². The van der Waals surface area contributed by atoms with Crippen molar-refractivity contribution < 1.29 is 23.8 Å². The van der Waals surface area contributed by atoms with Crippen molar-refractivity contribution in [3.05, 3.63) is 11.6 Å². The van der Waals surface area contributed by atoms with Crippen molar-refractivity contribution in [2.24, 2.45) is 5.92 Å². The predicted octanol–water partition coefficient (Wildman–Crippen LogP) is 1.43. The quantitative estimate of drug-likeness (QED) is 0.493. The van der Waals surface area contributed by atoms with Gasteiger partial charge in [-0.25, -0.2) is 4.79 Å². The average molecular weight is 335 g/mol. The first-order chi connectivity index (χ1) is 11.3. The first kappa shape index (κ1) is 16.1. The molecule has 3 saturated heterocycles. The number of hydrogen-bond acceptors (Lipinski definition) is 6.